The molecule has 0 spiro atoms. The van der Waals surface area contributed by atoms with Gasteiger partial charge >= 0.3 is 0 Å². The van der Waals surface area contributed by atoms with Crippen molar-refractivity contribution in [2.75, 3.05) is 5.73 Å². The Morgan fingerprint density at radius 1 is 1.06 bits per heavy atom. The molecule has 0 saturated heterocycles. The van der Waals surface area contributed by atoms with Gasteiger partial charge in [0.2, 0.25) is 0 Å². The third kappa shape index (κ3) is 2.33. The number of hydrogen-bond acceptors (Lipinski definition) is 5. The van der Waals surface area contributed by atoms with Crippen LogP contribution in [0.25, 0.3) is 11.4 Å². The SMILES string of the molecule is Nc1cccc(-c2cccc(CNO)n2)n1. The van der Waals surface area contributed by atoms with Crippen molar-refractivity contribution in [1.29, 1.82) is 0 Å². The zero-order chi connectivity index (χ0) is 11.4. The molecule has 0 radical (unpaired) electrons. The maximum Gasteiger partial charge on any atom is 0.124 e. The molecule has 4 N–H and O–H groups in total. The first kappa shape index (κ1) is 10.5. The van der Waals surface area contributed by atoms with E-state index >= 15 is 0 Å². The number of nitrogen functional groups attached to an aromatic ring is 1. The van der Waals surface area contributed by atoms with E-state index in [1.807, 2.05) is 30.3 Å². The molecule has 2 heterocycles. The molecule has 2 rings (SSSR count). The van der Waals surface area contributed by atoms with Crippen molar-refractivity contribution in [2.24, 2.45) is 0 Å². The van der Waals surface area contributed by atoms with Crippen LogP contribution in [0.1, 0.15) is 5.69 Å². The zero-order valence-corrected chi connectivity index (χ0v) is 8.59. The fraction of sp³-hybridized carbons (Fsp3) is 0.0909. The van der Waals surface area contributed by atoms with Gasteiger partial charge in [0.25, 0.3) is 0 Å². The van der Waals surface area contributed by atoms with Crippen molar-refractivity contribution in [3.05, 3.63) is 42.1 Å². The van der Waals surface area contributed by atoms with E-state index < -0.39 is 0 Å². The molecule has 0 aromatic carbocycles. The van der Waals surface area contributed by atoms with E-state index in [1.54, 1.807) is 6.07 Å². The van der Waals surface area contributed by atoms with Gasteiger partial charge < -0.3 is 10.9 Å². The van der Waals surface area contributed by atoms with Crippen LogP contribution in [0.3, 0.4) is 0 Å². The van der Waals surface area contributed by atoms with Crippen LogP contribution in [0.5, 0.6) is 0 Å². The lowest BCUT2D eigenvalue weighted by Gasteiger charge is -2.03. The van der Waals surface area contributed by atoms with Gasteiger partial charge in [0.15, 0.2) is 0 Å². The number of anilines is 1. The Labute approximate surface area is 92.9 Å². The van der Waals surface area contributed by atoms with Gasteiger partial charge in [-0.05, 0) is 24.3 Å². The number of rotatable bonds is 3. The van der Waals surface area contributed by atoms with Gasteiger partial charge in [-0.3, -0.25) is 0 Å². The lowest BCUT2D eigenvalue weighted by Crippen LogP contribution is -2.08. The highest BCUT2D eigenvalue weighted by Gasteiger charge is 2.02. The number of hydroxylamine groups is 1. The second kappa shape index (κ2) is 4.69. The van der Waals surface area contributed by atoms with Gasteiger partial charge in [-0.2, -0.15) is 5.48 Å². The maximum atomic E-state index is 8.60. The van der Waals surface area contributed by atoms with Gasteiger partial charge in [0.05, 0.1) is 23.6 Å². The summed E-state index contributed by atoms with van der Waals surface area (Å²) in [7, 11) is 0. The number of pyridine rings is 2. The molecule has 5 heteroatoms. The van der Waals surface area contributed by atoms with Crippen molar-refractivity contribution >= 4 is 5.82 Å². The molecule has 5 nitrogen and oxygen atoms in total. The Morgan fingerprint density at radius 3 is 2.44 bits per heavy atom. The summed E-state index contributed by atoms with van der Waals surface area (Å²) < 4.78 is 0. The lowest BCUT2D eigenvalue weighted by molar-refractivity contribution is 0.160. The molecule has 0 fully saturated rings. The van der Waals surface area contributed by atoms with E-state index in [4.69, 9.17) is 10.9 Å². The Kier molecular flexibility index (Phi) is 3.09. The molecular formula is C11H12N4O. The molecule has 0 bridgehead atoms. The zero-order valence-electron chi connectivity index (χ0n) is 8.59. The first-order valence-electron chi connectivity index (χ1n) is 4.85. The second-order valence-corrected chi connectivity index (χ2v) is 3.30. The van der Waals surface area contributed by atoms with E-state index in [2.05, 4.69) is 15.4 Å². The van der Waals surface area contributed by atoms with Gasteiger partial charge in [-0.15, -0.1) is 0 Å². The number of hydrogen-bond donors (Lipinski definition) is 3. The lowest BCUT2D eigenvalue weighted by atomic mass is 10.2. The molecule has 0 aliphatic rings. The van der Waals surface area contributed by atoms with E-state index in [-0.39, 0.29) is 0 Å². The van der Waals surface area contributed by atoms with Crippen molar-refractivity contribution < 1.29 is 5.21 Å². The number of aromatic nitrogens is 2. The standard InChI is InChI=1S/C11H12N4O/c12-11-6-2-5-10(15-11)9-4-1-3-8(14-9)7-13-16/h1-6,13,16H,7H2,(H2,12,15). The number of nitrogens with zero attached hydrogens (tertiary/aromatic N) is 2. The highest BCUT2D eigenvalue weighted by Crippen LogP contribution is 2.15. The fourth-order valence-electron chi connectivity index (χ4n) is 1.40. The molecule has 16 heavy (non-hydrogen) atoms. The number of nitrogens with one attached hydrogen (secondary N) is 1. The van der Waals surface area contributed by atoms with E-state index in [9.17, 15) is 0 Å². The van der Waals surface area contributed by atoms with Crippen LogP contribution < -0.4 is 11.2 Å². The van der Waals surface area contributed by atoms with Crippen LogP contribution in [0, 0.1) is 0 Å². The van der Waals surface area contributed by atoms with Gasteiger partial charge in [0.1, 0.15) is 5.82 Å². The molecular weight excluding hydrogens is 204 g/mol. The van der Waals surface area contributed by atoms with Crippen LogP contribution in [0.4, 0.5) is 5.82 Å². The van der Waals surface area contributed by atoms with Crippen molar-refractivity contribution in [2.45, 2.75) is 6.54 Å². The summed E-state index contributed by atoms with van der Waals surface area (Å²) in [5.74, 6) is 0.463. The monoisotopic (exact) mass is 216 g/mol. The molecule has 0 unspecified atom stereocenters. The summed E-state index contributed by atoms with van der Waals surface area (Å²) in [6, 6.07) is 10.9. The predicted octanol–water partition coefficient (Wildman–Crippen LogP) is 1.20. The van der Waals surface area contributed by atoms with Crippen molar-refractivity contribution in [3.63, 3.8) is 0 Å². The summed E-state index contributed by atoms with van der Waals surface area (Å²) in [5, 5.41) is 8.60. The molecule has 0 atom stereocenters. The summed E-state index contributed by atoms with van der Waals surface area (Å²) >= 11 is 0. The summed E-state index contributed by atoms with van der Waals surface area (Å²) in [4.78, 5) is 8.51. The first-order chi connectivity index (χ1) is 7.79. The van der Waals surface area contributed by atoms with Crippen molar-refractivity contribution in [3.8, 4) is 11.4 Å². The maximum absolute atomic E-state index is 8.60. The minimum atomic E-state index is 0.302. The van der Waals surface area contributed by atoms with Crippen LogP contribution >= 0.6 is 0 Å². The molecule has 2 aromatic heterocycles. The normalized spacial score (nSPS) is 10.3. The van der Waals surface area contributed by atoms with E-state index in [1.165, 1.54) is 0 Å². The Hall–Kier alpha value is -1.98. The molecule has 82 valence electrons. The summed E-state index contributed by atoms with van der Waals surface area (Å²) in [5.41, 5.74) is 9.87. The molecule has 0 saturated carbocycles. The van der Waals surface area contributed by atoms with Crippen LogP contribution in [0.15, 0.2) is 36.4 Å². The van der Waals surface area contributed by atoms with Crippen LogP contribution in [-0.2, 0) is 6.54 Å². The third-order valence-corrected chi connectivity index (χ3v) is 2.10. The highest BCUT2D eigenvalue weighted by molar-refractivity contribution is 5.56. The average Bonchev–Trinajstić information content (AvgIpc) is 2.30. The van der Waals surface area contributed by atoms with Gasteiger partial charge in [-0.25, -0.2) is 9.97 Å². The van der Waals surface area contributed by atoms with Crippen LogP contribution in [0.2, 0.25) is 0 Å². The average molecular weight is 216 g/mol. The third-order valence-electron chi connectivity index (χ3n) is 2.10. The van der Waals surface area contributed by atoms with Gasteiger partial charge in [0, 0.05) is 0 Å². The van der Waals surface area contributed by atoms with E-state index in [0.29, 0.717) is 12.4 Å². The molecule has 0 amide bonds. The fourth-order valence-corrected chi connectivity index (χ4v) is 1.40. The Bertz CT molecular complexity index is 487. The smallest absolute Gasteiger partial charge is 0.124 e. The quantitative estimate of drug-likeness (QED) is 0.671. The van der Waals surface area contributed by atoms with E-state index in [0.717, 1.165) is 17.1 Å². The molecule has 2 aromatic rings. The predicted molar refractivity (Wildman–Crippen MR) is 60.5 cm³/mol. The Morgan fingerprint density at radius 2 is 1.75 bits per heavy atom. The van der Waals surface area contributed by atoms with Crippen molar-refractivity contribution in [1.82, 2.24) is 15.4 Å². The summed E-state index contributed by atoms with van der Waals surface area (Å²) in [6.07, 6.45) is 0. The Balaban J connectivity index is 2.36. The van der Waals surface area contributed by atoms with Gasteiger partial charge in [-0.1, -0.05) is 12.1 Å². The topological polar surface area (TPSA) is 84.1 Å². The minimum absolute atomic E-state index is 0.302. The second-order valence-electron chi connectivity index (χ2n) is 3.30. The molecule has 0 aliphatic carbocycles. The summed E-state index contributed by atoms with van der Waals surface area (Å²) in [6.45, 7) is 0.302. The molecule has 0 aliphatic heterocycles. The number of nitrogens with two attached hydrogens (primary N) is 1. The van der Waals surface area contributed by atoms with Crippen LogP contribution in [-0.4, -0.2) is 15.2 Å². The highest BCUT2D eigenvalue weighted by atomic mass is 16.5. The first-order valence-corrected chi connectivity index (χ1v) is 4.85. The largest absolute Gasteiger partial charge is 0.384 e. The minimum Gasteiger partial charge on any atom is -0.384 e.